The standard InChI is InChI=1S/C20H24N2O/c1-4-22(5-2)19-18(15-9-7-6-8-10-15)16-13-14(3)11-12-17(16)21-20(19)23/h6-13,18-19H,4-5H2,1-3H3,(H,21,23)/p+1. The second-order valence-corrected chi connectivity index (χ2v) is 6.31. The Morgan fingerprint density at radius 2 is 1.74 bits per heavy atom. The first-order valence-electron chi connectivity index (χ1n) is 8.46. The highest BCUT2D eigenvalue weighted by atomic mass is 16.2. The van der Waals surface area contributed by atoms with Crippen molar-refractivity contribution >= 4 is 11.6 Å². The van der Waals surface area contributed by atoms with E-state index in [-0.39, 0.29) is 17.9 Å². The highest BCUT2D eigenvalue weighted by molar-refractivity contribution is 5.98. The van der Waals surface area contributed by atoms with Crippen LogP contribution in [0.15, 0.2) is 48.5 Å². The molecule has 0 aliphatic carbocycles. The van der Waals surface area contributed by atoms with Gasteiger partial charge in [0, 0.05) is 5.69 Å². The zero-order valence-corrected chi connectivity index (χ0v) is 14.1. The Labute approximate surface area is 138 Å². The molecule has 1 amide bonds. The summed E-state index contributed by atoms with van der Waals surface area (Å²) in [6.07, 6.45) is 0. The van der Waals surface area contributed by atoms with Crippen LogP contribution in [0.2, 0.25) is 0 Å². The fourth-order valence-electron chi connectivity index (χ4n) is 3.74. The normalized spacial score (nSPS) is 20.3. The van der Waals surface area contributed by atoms with Crippen molar-refractivity contribution in [2.24, 2.45) is 0 Å². The number of quaternary nitrogens is 1. The lowest BCUT2D eigenvalue weighted by molar-refractivity contribution is -0.913. The molecular weight excluding hydrogens is 284 g/mol. The third kappa shape index (κ3) is 2.89. The van der Waals surface area contributed by atoms with Gasteiger partial charge in [0.1, 0.15) is 0 Å². The Hall–Kier alpha value is -2.13. The fourth-order valence-corrected chi connectivity index (χ4v) is 3.74. The molecule has 0 spiro atoms. The molecule has 0 fully saturated rings. The van der Waals surface area contributed by atoms with Crippen molar-refractivity contribution in [3.05, 3.63) is 65.2 Å². The zero-order chi connectivity index (χ0) is 16.4. The molecule has 23 heavy (non-hydrogen) atoms. The molecule has 0 aromatic heterocycles. The molecule has 0 bridgehead atoms. The number of carbonyl (C=O) groups is 1. The lowest BCUT2D eigenvalue weighted by Gasteiger charge is -2.37. The van der Waals surface area contributed by atoms with Crippen molar-refractivity contribution in [3.63, 3.8) is 0 Å². The molecule has 3 nitrogen and oxygen atoms in total. The van der Waals surface area contributed by atoms with Gasteiger partial charge in [0.2, 0.25) is 0 Å². The minimum absolute atomic E-state index is 0.0818. The number of likely N-dealkylation sites (N-methyl/N-ethyl adjacent to an activating group) is 1. The lowest BCUT2D eigenvalue weighted by Crippen LogP contribution is -3.17. The predicted molar refractivity (Wildman–Crippen MR) is 93.9 cm³/mol. The Kier molecular flexibility index (Phi) is 4.49. The van der Waals surface area contributed by atoms with Crippen molar-refractivity contribution in [1.82, 2.24) is 0 Å². The number of anilines is 1. The number of hydrogen-bond acceptors (Lipinski definition) is 1. The van der Waals surface area contributed by atoms with E-state index < -0.39 is 0 Å². The van der Waals surface area contributed by atoms with Crippen LogP contribution >= 0.6 is 0 Å². The van der Waals surface area contributed by atoms with Gasteiger partial charge in [-0.15, -0.1) is 0 Å². The summed E-state index contributed by atoms with van der Waals surface area (Å²) in [6.45, 7) is 8.30. The molecule has 0 saturated heterocycles. The van der Waals surface area contributed by atoms with Crippen molar-refractivity contribution < 1.29 is 9.69 Å². The molecule has 1 aliphatic rings. The summed E-state index contributed by atoms with van der Waals surface area (Å²) < 4.78 is 0. The summed E-state index contributed by atoms with van der Waals surface area (Å²) in [6, 6.07) is 16.7. The molecule has 3 heteroatoms. The largest absolute Gasteiger partial charge is 0.324 e. The maximum Gasteiger partial charge on any atom is 0.283 e. The maximum absolute atomic E-state index is 12.9. The van der Waals surface area contributed by atoms with Gasteiger partial charge >= 0.3 is 0 Å². The third-order valence-corrected chi connectivity index (χ3v) is 4.92. The second kappa shape index (κ2) is 6.55. The van der Waals surface area contributed by atoms with E-state index in [1.54, 1.807) is 0 Å². The first-order chi connectivity index (χ1) is 11.2. The van der Waals surface area contributed by atoms with Gasteiger partial charge in [-0.25, -0.2) is 0 Å². The van der Waals surface area contributed by atoms with Crippen LogP contribution in [0.5, 0.6) is 0 Å². The summed E-state index contributed by atoms with van der Waals surface area (Å²) in [5.41, 5.74) is 4.64. The third-order valence-electron chi connectivity index (χ3n) is 4.92. The van der Waals surface area contributed by atoms with Gasteiger partial charge in [-0.1, -0.05) is 48.0 Å². The predicted octanol–water partition coefficient (Wildman–Crippen LogP) is 2.37. The fraction of sp³-hybridized carbons (Fsp3) is 0.350. The molecule has 2 aromatic rings. The molecular formula is C20H25N2O+. The van der Waals surface area contributed by atoms with Gasteiger partial charge in [0.15, 0.2) is 6.04 Å². The average molecular weight is 309 g/mol. The smallest absolute Gasteiger partial charge is 0.283 e. The number of rotatable bonds is 4. The SMILES string of the molecule is CC[NH+](CC)C1C(=O)Nc2ccc(C)cc2C1c1ccccc1. The van der Waals surface area contributed by atoms with E-state index in [9.17, 15) is 4.79 Å². The second-order valence-electron chi connectivity index (χ2n) is 6.31. The lowest BCUT2D eigenvalue weighted by atomic mass is 9.80. The van der Waals surface area contributed by atoms with E-state index in [1.165, 1.54) is 21.6 Å². The van der Waals surface area contributed by atoms with Gasteiger partial charge in [-0.3, -0.25) is 4.79 Å². The number of hydrogen-bond donors (Lipinski definition) is 2. The summed E-state index contributed by atoms with van der Waals surface area (Å²) in [4.78, 5) is 14.2. The summed E-state index contributed by atoms with van der Waals surface area (Å²) in [5, 5.41) is 3.13. The molecule has 1 aliphatic heterocycles. The van der Waals surface area contributed by atoms with Crippen molar-refractivity contribution in [3.8, 4) is 0 Å². The monoisotopic (exact) mass is 309 g/mol. The van der Waals surface area contributed by atoms with E-state index in [1.807, 2.05) is 12.1 Å². The van der Waals surface area contributed by atoms with E-state index in [0.717, 1.165) is 18.8 Å². The number of benzene rings is 2. The molecule has 2 unspecified atom stereocenters. The average Bonchev–Trinajstić information content (AvgIpc) is 2.57. The Morgan fingerprint density at radius 3 is 2.39 bits per heavy atom. The van der Waals surface area contributed by atoms with Gasteiger partial charge in [-0.2, -0.15) is 0 Å². The molecule has 2 N–H and O–H groups in total. The quantitative estimate of drug-likeness (QED) is 0.893. The highest BCUT2D eigenvalue weighted by Gasteiger charge is 2.42. The van der Waals surface area contributed by atoms with Crippen LogP contribution in [0.3, 0.4) is 0 Å². The minimum atomic E-state index is -0.0818. The minimum Gasteiger partial charge on any atom is -0.324 e. The molecule has 2 atom stereocenters. The van der Waals surface area contributed by atoms with Gasteiger partial charge in [-0.05, 0) is 38.0 Å². The van der Waals surface area contributed by atoms with Crippen molar-refractivity contribution in [2.75, 3.05) is 18.4 Å². The zero-order valence-electron chi connectivity index (χ0n) is 14.1. The number of carbonyl (C=O) groups excluding carboxylic acids is 1. The summed E-state index contributed by atoms with van der Waals surface area (Å²) in [5.74, 6) is 0.239. The van der Waals surface area contributed by atoms with E-state index in [0.29, 0.717) is 0 Å². The van der Waals surface area contributed by atoms with E-state index in [4.69, 9.17) is 0 Å². The van der Waals surface area contributed by atoms with Crippen LogP contribution in [0, 0.1) is 6.92 Å². The molecule has 0 radical (unpaired) electrons. The van der Waals surface area contributed by atoms with Crippen LogP contribution in [0.1, 0.15) is 36.5 Å². The number of fused-ring (bicyclic) bond motifs is 1. The van der Waals surface area contributed by atoms with Crippen LogP contribution < -0.4 is 10.2 Å². The Bertz CT molecular complexity index is 692. The van der Waals surface area contributed by atoms with Crippen LogP contribution in [0.4, 0.5) is 5.69 Å². The number of nitrogens with one attached hydrogen (secondary N) is 2. The van der Waals surface area contributed by atoms with Gasteiger partial charge < -0.3 is 10.2 Å². The Balaban J connectivity index is 2.17. The number of amides is 1. The first kappa shape index (κ1) is 15.8. The highest BCUT2D eigenvalue weighted by Crippen LogP contribution is 2.36. The van der Waals surface area contributed by atoms with Gasteiger partial charge in [0.25, 0.3) is 5.91 Å². The van der Waals surface area contributed by atoms with E-state index >= 15 is 0 Å². The van der Waals surface area contributed by atoms with Crippen LogP contribution in [-0.2, 0) is 4.79 Å². The molecule has 1 heterocycles. The molecule has 2 aromatic carbocycles. The summed E-state index contributed by atoms with van der Waals surface area (Å²) in [7, 11) is 0. The molecule has 120 valence electrons. The van der Waals surface area contributed by atoms with Crippen LogP contribution in [-0.4, -0.2) is 25.0 Å². The maximum atomic E-state index is 12.9. The number of aryl methyl sites for hydroxylation is 1. The molecule has 0 saturated carbocycles. The summed E-state index contributed by atoms with van der Waals surface area (Å²) >= 11 is 0. The Morgan fingerprint density at radius 1 is 1.04 bits per heavy atom. The first-order valence-corrected chi connectivity index (χ1v) is 8.46. The van der Waals surface area contributed by atoms with Crippen molar-refractivity contribution in [2.45, 2.75) is 32.7 Å². The molecule has 3 rings (SSSR count). The van der Waals surface area contributed by atoms with E-state index in [2.05, 4.69) is 62.5 Å². The topological polar surface area (TPSA) is 33.5 Å². The van der Waals surface area contributed by atoms with Crippen LogP contribution in [0.25, 0.3) is 0 Å². The van der Waals surface area contributed by atoms with Gasteiger partial charge in [0.05, 0.1) is 19.0 Å². The van der Waals surface area contributed by atoms with Crippen molar-refractivity contribution in [1.29, 1.82) is 0 Å².